The van der Waals surface area contributed by atoms with E-state index < -0.39 is 0 Å². The van der Waals surface area contributed by atoms with Crippen molar-refractivity contribution in [2.24, 2.45) is 0 Å². The lowest BCUT2D eigenvalue weighted by molar-refractivity contribution is -0.138. The predicted molar refractivity (Wildman–Crippen MR) is 64.4 cm³/mol. The maximum Gasteiger partial charge on any atom is 0.237 e. The number of hydrogen-bond acceptors (Lipinski definition) is 3. The average Bonchev–Trinajstić information content (AvgIpc) is 2.64. The lowest BCUT2D eigenvalue weighted by atomic mass is 9.98. The molecule has 1 heterocycles. The second-order valence-electron chi connectivity index (χ2n) is 4.15. The van der Waals surface area contributed by atoms with Crippen molar-refractivity contribution in [3.8, 4) is 0 Å². The summed E-state index contributed by atoms with van der Waals surface area (Å²) in [5, 5.41) is 2.94. The van der Waals surface area contributed by atoms with E-state index in [9.17, 15) is 9.59 Å². The molecule has 1 saturated heterocycles. The summed E-state index contributed by atoms with van der Waals surface area (Å²) in [5.74, 6) is -0.434. The first kappa shape index (κ1) is 11.8. The van der Waals surface area contributed by atoms with Crippen molar-refractivity contribution < 1.29 is 9.59 Å². The first-order valence-electron chi connectivity index (χ1n) is 5.78. The molecule has 90 valence electrons. The van der Waals surface area contributed by atoms with Crippen molar-refractivity contribution >= 4 is 11.8 Å². The van der Waals surface area contributed by atoms with Gasteiger partial charge in [0.2, 0.25) is 11.8 Å². The quantitative estimate of drug-likeness (QED) is 0.779. The van der Waals surface area contributed by atoms with Gasteiger partial charge in [-0.25, -0.2) is 0 Å². The van der Waals surface area contributed by atoms with Gasteiger partial charge in [-0.2, -0.15) is 0 Å². The van der Waals surface area contributed by atoms with Crippen molar-refractivity contribution in [3.63, 3.8) is 0 Å². The van der Waals surface area contributed by atoms with Crippen molar-refractivity contribution in [3.05, 3.63) is 35.9 Å². The minimum atomic E-state index is -0.291. The molecule has 0 aliphatic carbocycles. The molecule has 2 amide bonds. The fraction of sp³-hybridized carbons (Fsp3) is 0.385. The van der Waals surface area contributed by atoms with Gasteiger partial charge < -0.3 is 5.32 Å². The van der Waals surface area contributed by atoms with Crippen molar-refractivity contribution in [1.82, 2.24) is 10.2 Å². The summed E-state index contributed by atoms with van der Waals surface area (Å²) >= 11 is 0. The molecule has 0 aromatic heterocycles. The van der Waals surface area contributed by atoms with Crippen molar-refractivity contribution in [2.45, 2.75) is 12.3 Å². The third-order valence-corrected chi connectivity index (χ3v) is 3.03. The van der Waals surface area contributed by atoms with Gasteiger partial charge in [-0.15, -0.1) is 0 Å². The fourth-order valence-corrected chi connectivity index (χ4v) is 2.09. The van der Waals surface area contributed by atoms with Crippen LogP contribution in [-0.4, -0.2) is 36.9 Å². The summed E-state index contributed by atoms with van der Waals surface area (Å²) in [6.45, 7) is 1.09. The van der Waals surface area contributed by atoms with Crippen LogP contribution in [0.4, 0.5) is 0 Å². The lowest BCUT2D eigenvalue weighted by Crippen LogP contribution is -2.35. The summed E-state index contributed by atoms with van der Waals surface area (Å²) in [4.78, 5) is 25.2. The monoisotopic (exact) mass is 232 g/mol. The molecule has 17 heavy (non-hydrogen) atoms. The summed E-state index contributed by atoms with van der Waals surface area (Å²) in [7, 11) is 1.81. The first-order chi connectivity index (χ1) is 8.24. The summed E-state index contributed by atoms with van der Waals surface area (Å²) in [6.07, 6.45) is 0.298. The molecule has 2 rings (SSSR count). The van der Waals surface area contributed by atoms with Gasteiger partial charge in [0.1, 0.15) is 0 Å². The number of nitrogens with one attached hydrogen (secondary N) is 1. The molecule has 1 N–H and O–H groups in total. The standard InChI is InChI=1S/C13H16N2O2/c1-14-7-8-15-12(16)9-11(13(15)17)10-5-3-2-4-6-10/h2-6,11,14H,7-9H2,1H3. The number of carbonyl (C=O) groups excluding carboxylic acids is 2. The number of benzene rings is 1. The molecule has 1 atom stereocenters. The molecule has 1 aliphatic heterocycles. The maximum atomic E-state index is 12.1. The number of likely N-dealkylation sites (tertiary alicyclic amines) is 1. The Morgan fingerprint density at radius 1 is 1.29 bits per heavy atom. The molecule has 4 nitrogen and oxygen atoms in total. The molecule has 1 unspecified atom stereocenters. The highest BCUT2D eigenvalue weighted by molar-refractivity contribution is 6.06. The first-order valence-corrected chi connectivity index (χ1v) is 5.78. The van der Waals surface area contributed by atoms with E-state index in [0.717, 1.165) is 5.56 Å². The van der Waals surface area contributed by atoms with E-state index in [2.05, 4.69) is 5.32 Å². The third kappa shape index (κ3) is 2.36. The largest absolute Gasteiger partial charge is 0.318 e. The molecule has 0 saturated carbocycles. The van der Waals surface area contributed by atoms with Gasteiger partial charge in [0.05, 0.1) is 5.92 Å². The van der Waals surface area contributed by atoms with Crippen LogP contribution in [0.15, 0.2) is 30.3 Å². The maximum absolute atomic E-state index is 12.1. The second-order valence-corrected chi connectivity index (χ2v) is 4.15. The fourth-order valence-electron chi connectivity index (χ4n) is 2.09. The topological polar surface area (TPSA) is 49.4 Å². The number of carbonyl (C=O) groups is 2. The summed E-state index contributed by atoms with van der Waals surface area (Å²) in [5.41, 5.74) is 0.929. The highest BCUT2D eigenvalue weighted by Gasteiger charge is 2.38. The molecule has 1 aliphatic rings. The van der Waals surface area contributed by atoms with E-state index >= 15 is 0 Å². The van der Waals surface area contributed by atoms with Crippen LogP contribution in [0.2, 0.25) is 0 Å². The average molecular weight is 232 g/mol. The summed E-state index contributed by atoms with van der Waals surface area (Å²) < 4.78 is 0. The van der Waals surface area contributed by atoms with E-state index in [4.69, 9.17) is 0 Å². The van der Waals surface area contributed by atoms with Gasteiger partial charge >= 0.3 is 0 Å². The Kier molecular flexibility index (Phi) is 3.54. The van der Waals surface area contributed by atoms with Crippen LogP contribution >= 0.6 is 0 Å². The van der Waals surface area contributed by atoms with Gasteiger partial charge in [0, 0.05) is 19.5 Å². The van der Waals surface area contributed by atoms with Crippen LogP contribution in [0.25, 0.3) is 0 Å². The Hall–Kier alpha value is -1.68. The number of imide groups is 1. The van der Waals surface area contributed by atoms with Gasteiger partial charge in [0.25, 0.3) is 0 Å². The van der Waals surface area contributed by atoms with E-state index in [1.807, 2.05) is 30.3 Å². The van der Waals surface area contributed by atoms with Crippen LogP contribution < -0.4 is 5.32 Å². The van der Waals surface area contributed by atoms with E-state index in [1.54, 1.807) is 7.05 Å². The van der Waals surface area contributed by atoms with Gasteiger partial charge in [0.15, 0.2) is 0 Å². The van der Waals surface area contributed by atoms with E-state index in [0.29, 0.717) is 19.5 Å². The van der Waals surface area contributed by atoms with Crippen LogP contribution in [-0.2, 0) is 9.59 Å². The SMILES string of the molecule is CNCCN1C(=O)CC(c2ccccc2)C1=O. The Morgan fingerprint density at radius 3 is 2.65 bits per heavy atom. The Labute approximate surface area is 101 Å². The number of rotatable bonds is 4. The van der Waals surface area contributed by atoms with Gasteiger partial charge in [-0.1, -0.05) is 30.3 Å². The molecular weight excluding hydrogens is 216 g/mol. The zero-order valence-corrected chi connectivity index (χ0v) is 9.85. The molecule has 1 aromatic rings. The van der Waals surface area contributed by atoms with Crippen LogP contribution in [0.3, 0.4) is 0 Å². The minimum Gasteiger partial charge on any atom is -0.318 e. The Balaban J connectivity index is 2.13. The van der Waals surface area contributed by atoms with Crippen LogP contribution in [0.1, 0.15) is 17.9 Å². The molecule has 0 spiro atoms. The van der Waals surface area contributed by atoms with Crippen molar-refractivity contribution in [1.29, 1.82) is 0 Å². The second kappa shape index (κ2) is 5.10. The number of hydrogen-bond donors (Lipinski definition) is 1. The molecule has 1 aromatic carbocycles. The van der Waals surface area contributed by atoms with Crippen molar-refractivity contribution in [2.75, 3.05) is 20.1 Å². The number of amides is 2. The molecule has 0 radical (unpaired) electrons. The Bertz CT molecular complexity index is 417. The van der Waals surface area contributed by atoms with Crippen LogP contribution in [0, 0.1) is 0 Å². The van der Waals surface area contributed by atoms with Gasteiger partial charge in [-0.3, -0.25) is 14.5 Å². The lowest BCUT2D eigenvalue weighted by Gasteiger charge is -2.14. The minimum absolute atomic E-state index is 0.0703. The molecular formula is C13H16N2O2. The van der Waals surface area contributed by atoms with E-state index in [1.165, 1.54) is 4.90 Å². The zero-order chi connectivity index (χ0) is 12.3. The number of nitrogens with zero attached hydrogens (tertiary/aromatic N) is 1. The van der Waals surface area contributed by atoms with E-state index in [-0.39, 0.29) is 17.7 Å². The Morgan fingerprint density at radius 2 is 2.00 bits per heavy atom. The highest BCUT2D eigenvalue weighted by atomic mass is 16.2. The normalized spacial score (nSPS) is 20.1. The third-order valence-electron chi connectivity index (χ3n) is 3.03. The smallest absolute Gasteiger partial charge is 0.237 e. The van der Waals surface area contributed by atoms with Gasteiger partial charge in [-0.05, 0) is 12.6 Å². The molecule has 4 heteroatoms. The number of likely N-dealkylation sites (N-methyl/N-ethyl adjacent to an activating group) is 1. The van der Waals surface area contributed by atoms with Crippen LogP contribution in [0.5, 0.6) is 0 Å². The zero-order valence-electron chi connectivity index (χ0n) is 9.85. The molecule has 0 bridgehead atoms. The highest BCUT2D eigenvalue weighted by Crippen LogP contribution is 2.28. The molecule has 1 fully saturated rings. The predicted octanol–water partition coefficient (Wildman–Crippen LogP) is 0.748. The summed E-state index contributed by atoms with van der Waals surface area (Å²) in [6, 6.07) is 9.49.